The molecular formula is C21H20FN3O6S2. The van der Waals surface area contributed by atoms with E-state index in [-0.39, 0.29) is 10.8 Å². The van der Waals surface area contributed by atoms with E-state index in [1.54, 1.807) is 23.6 Å². The molecule has 9 nitrogen and oxygen atoms in total. The maximum atomic E-state index is 12.9. The minimum Gasteiger partial charge on any atom is -0.497 e. The van der Waals surface area contributed by atoms with Gasteiger partial charge in [0.2, 0.25) is 11.8 Å². The van der Waals surface area contributed by atoms with Crippen LogP contribution in [0.2, 0.25) is 0 Å². The molecule has 1 aromatic heterocycles. The Morgan fingerprint density at radius 1 is 1.00 bits per heavy atom. The van der Waals surface area contributed by atoms with Gasteiger partial charge < -0.3 is 20.1 Å². The van der Waals surface area contributed by atoms with E-state index < -0.39 is 39.0 Å². The van der Waals surface area contributed by atoms with Crippen LogP contribution in [0.1, 0.15) is 0 Å². The summed E-state index contributed by atoms with van der Waals surface area (Å²) in [5, 5.41) is 6.63. The second-order valence-corrected chi connectivity index (χ2v) is 9.66. The van der Waals surface area contributed by atoms with Crippen LogP contribution in [0.15, 0.2) is 47.8 Å². The summed E-state index contributed by atoms with van der Waals surface area (Å²) in [6.07, 6.45) is 0. The lowest BCUT2D eigenvalue weighted by molar-refractivity contribution is -0.114. The largest absolute Gasteiger partial charge is 0.497 e. The minimum atomic E-state index is -4.05. The Balaban J connectivity index is 1.61. The van der Waals surface area contributed by atoms with Crippen LogP contribution >= 0.6 is 11.3 Å². The number of anilines is 2. The highest BCUT2D eigenvalue weighted by atomic mass is 32.2. The molecule has 2 N–H and O–H groups in total. The molecule has 0 fully saturated rings. The zero-order valence-corrected chi connectivity index (χ0v) is 19.3. The Bertz CT molecular complexity index is 1260. The summed E-state index contributed by atoms with van der Waals surface area (Å²) in [7, 11) is -1.01. The normalized spacial score (nSPS) is 11.0. The first kappa shape index (κ1) is 24.1. The number of benzene rings is 2. The SMILES string of the molecule is COc1ccc(OC)c(-c2csc(NC(=O)CS(=O)(=O)CC(=O)Nc3ccc(F)cc3)n2)c1. The highest BCUT2D eigenvalue weighted by Gasteiger charge is 2.22. The molecule has 2 amide bonds. The van der Waals surface area contributed by atoms with Crippen molar-refractivity contribution >= 4 is 43.8 Å². The van der Waals surface area contributed by atoms with Gasteiger partial charge in [-0.05, 0) is 42.5 Å². The van der Waals surface area contributed by atoms with Gasteiger partial charge in [-0.1, -0.05) is 0 Å². The van der Waals surface area contributed by atoms with Crippen molar-refractivity contribution in [2.75, 3.05) is 36.4 Å². The van der Waals surface area contributed by atoms with Gasteiger partial charge in [0.1, 0.15) is 28.8 Å². The van der Waals surface area contributed by atoms with Gasteiger partial charge in [-0.15, -0.1) is 11.3 Å². The van der Waals surface area contributed by atoms with Gasteiger partial charge in [-0.3, -0.25) is 9.59 Å². The molecule has 0 spiro atoms. The molecule has 3 rings (SSSR count). The predicted octanol–water partition coefficient (Wildman–Crippen LogP) is 2.96. The molecule has 0 aliphatic rings. The third kappa shape index (κ3) is 6.73. The van der Waals surface area contributed by atoms with Crippen LogP contribution in [0.5, 0.6) is 11.5 Å². The van der Waals surface area contributed by atoms with E-state index in [1.165, 1.54) is 26.4 Å². The van der Waals surface area contributed by atoms with Crippen LogP contribution in [0.25, 0.3) is 11.3 Å². The zero-order valence-electron chi connectivity index (χ0n) is 17.6. The van der Waals surface area contributed by atoms with Gasteiger partial charge in [-0.25, -0.2) is 17.8 Å². The fourth-order valence-electron chi connectivity index (χ4n) is 2.81. The number of carbonyl (C=O) groups excluding carboxylic acids is 2. The number of sulfone groups is 1. The van der Waals surface area contributed by atoms with Crippen LogP contribution in [-0.2, 0) is 19.4 Å². The molecule has 0 radical (unpaired) electrons. The van der Waals surface area contributed by atoms with Crippen LogP contribution in [0.4, 0.5) is 15.2 Å². The van der Waals surface area contributed by atoms with Gasteiger partial charge in [-0.2, -0.15) is 0 Å². The van der Waals surface area contributed by atoms with E-state index in [1.807, 2.05) is 0 Å². The maximum absolute atomic E-state index is 12.9. The Morgan fingerprint density at radius 3 is 2.30 bits per heavy atom. The molecule has 2 aromatic carbocycles. The van der Waals surface area contributed by atoms with Crippen molar-refractivity contribution in [3.05, 3.63) is 53.7 Å². The van der Waals surface area contributed by atoms with E-state index in [4.69, 9.17) is 9.47 Å². The summed E-state index contributed by atoms with van der Waals surface area (Å²) in [6.45, 7) is 0. The smallest absolute Gasteiger partial charge is 0.241 e. The van der Waals surface area contributed by atoms with Gasteiger partial charge in [0, 0.05) is 16.6 Å². The van der Waals surface area contributed by atoms with Gasteiger partial charge in [0.15, 0.2) is 15.0 Å². The number of hydrogen-bond acceptors (Lipinski definition) is 8. The number of methoxy groups -OCH3 is 2. The first-order valence-electron chi connectivity index (χ1n) is 9.42. The Morgan fingerprint density at radius 2 is 1.67 bits per heavy atom. The van der Waals surface area contributed by atoms with Crippen molar-refractivity contribution in [3.63, 3.8) is 0 Å². The van der Waals surface area contributed by atoms with Gasteiger partial charge in [0.05, 0.1) is 19.9 Å². The Hall–Kier alpha value is -3.51. The summed E-state index contributed by atoms with van der Waals surface area (Å²) in [6, 6.07) is 10.0. The lowest BCUT2D eigenvalue weighted by Crippen LogP contribution is -2.30. The molecule has 0 aliphatic heterocycles. The quantitative estimate of drug-likeness (QED) is 0.470. The van der Waals surface area contributed by atoms with Crippen molar-refractivity contribution in [1.82, 2.24) is 4.98 Å². The maximum Gasteiger partial charge on any atom is 0.241 e. The summed E-state index contributed by atoms with van der Waals surface area (Å²) in [5.41, 5.74) is 1.38. The summed E-state index contributed by atoms with van der Waals surface area (Å²) in [4.78, 5) is 28.5. The van der Waals surface area contributed by atoms with E-state index in [0.29, 0.717) is 22.8 Å². The lowest BCUT2D eigenvalue weighted by Gasteiger charge is -2.08. The molecule has 12 heteroatoms. The number of aromatic nitrogens is 1. The molecule has 1 heterocycles. The highest BCUT2D eigenvalue weighted by Crippen LogP contribution is 2.35. The van der Waals surface area contributed by atoms with Crippen LogP contribution in [0.3, 0.4) is 0 Å². The number of thiazole rings is 1. The molecule has 0 aliphatic carbocycles. The van der Waals surface area contributed by atoms with Crippen molar-refractivity contribution < 1.29 is 31.9 Å². The average Bonchev–Trinajstić information content (AvgIpc) is 3.22. The monoisotopic (exact) mass is 493 g/mol. The van der Waals surface area contributed by atoms with Crippen LogP contribution in [0, 0.1) is 5.82 Å². The molecule has 0 saturated carbocycles. The predicted molar refractivity (Wildman–Crippen MR) is 123 cm³/mol. The van der Waals surface area contributed by atoms with E-state index >= 15 is 0 Å². The Kier molecular flexibility index (Phi) is 7.61. The van der Waals surface area contributed by atoms with Gasteiger partial charge >= 0.3 is 0 Å². The number of hydrogen-bond donors (Lipinski definition) is 2. The number of nitrogens with zero attached hydrogens (tertiary/aromatic N) is 1. The number of halogens is 1. The number of carbonyl (C=O) groups is 2. The Labute approximate surface area is 193 Å². The fraction of sp³-hybridized carbons (Fsp3) is 0.190. The summed E-state index contributed by atoms with van der Waals surface area (Å²) < 4.78 is 47.9. The molecule has 0 atom stereocenters. The first-order valence-corrected chi connectivity index (χ1v) is 12.1. The van der Waals surface area contributed by atoms with Crippen molar-refractivity contribution in [2.45, 2.75) is 0 Å². The third-order valence-electron chi connectivity index (χ3n) is 4.26. The van der Waals surface area contributed by atoms with Gasteiger partial charge in [0.25, 0.3) is 0 Å². The van der Waals surface area contributed by atoms with E-state index in [0.717, 1.165) is 23.5 Å². The number of rotatable bonds is 9. The molecule has 33 heavy (non-hydrogen) atoms. The van der Waals surface area contributed by atoms with Crippen LogP contribution < -0.4 is 20.1 Å². The standard InChI is InChI=1S/C21H20FN3O6S2/c1-30-15-7-8-18(31-2)16(9-15)17-10-32-21(24-17)25-20(27)12-33(28,29)11-19(26)23-14-5-3-13(22)4-6-14/h3-10H,11-12H2,1-2H3,(H,23,26)(H,24,25,27). The zero-order chi connectivity index (χ0) is 24.0. The van der Waals surface area contributed by atoms with E-state index in [9.17, 15) is 22.4 Å². The molecule has 0 bridgehead atoms. The van der Waals surface area contributed by atoms with Crippen molar-refractivity contribution in [3.8, 4) is 22.8 Å². The highest BCUT2D eigenvalue weighted by molar-refractivity contribution is 7.92. The first-order chi connectivity index (χ1) is 15.7. The molecule has 174 valence electrons. The summed E-state index contributed by atoms with van der Waals surface area (Å²) in [5.74, 6) is -2.82. The third-order valence-corrected chi connectivity index (χ3v) is 6.42. The molecule has 0 unspecified atom stereocenters. The summed E-state index contributed by atoms with van der Waals surface area (Å²) >= 11 is 1.10. The lowest BCUT2D eigenvalue weighted by atomic mass is 10.1. The van der Waals surface area contributed by atoms with Crippen molar-refractivity contribution in [1.29, 1.82) is 0 Å². The number of ether oxygens (including phenoxy) is 2. The van der Waals surface area contributed by atoms with E-state index in [2.05, 4.69) is 15.6 Å². The minimum absolute atomic E-state index is 0.186. The second kappa shape index (κ2) is 10.4. The van der Waals surface area contributed by atoms with Crippen LogP contribution in [-0.4, -0.2) is 50.9 Å². The number of amides is 2. The molecule has 3 aromatic rings. The van der Waals surface area contributed by atoms with Crippen molar-refractivity contribution in [2.24, 2.45) is 0 Å². The second-order valence-electron chi connectivity index (χ2n) is 6.74. The molecule has 0 saturated heterocycles. The number of nitrogens with one attached hydrogen (secondary N) is 2. The molecular weight excluding hydrogens is 473 g/mol. The average molecular weight is 494 g/mol. The topological polar surface area (TPSA) is 124 Å². The fourth-order valence-corrected chi connectivity index (χ4v) is 4.58.